The maximum absolute atomic E-state index is 11.1. The van der Waals surface area contributed by atoms with Crippen molar-refractivity contribution in [2.45, 2.75) is 37.0 Å². The van der Waals surface area contributed by atoms with Crippen LogP contribution in [-0.2, 0) is 10.0 Å². The zero-order valence-corrected chi connectivity index (χ0v) is 13.2. The van der Waals surface area contributed by atoms with E-state index in [-0.39, 0.29) is 10.9 Å². The fraction of sp³-hybridized carbons (Fsp3) is 0.538. The van der Waals surface area contributed by atoms with Crippen molar-refractivity contribution >= 4 is 21.8 Å². The van der Waals surface area contributed by atoms with E-state index in [1.54, 1.807) is 24.3 Å². The zero-order valence-electron chi connectivity index (χ0n) is 11.6. The van der Waals surface area contributed by atoms with E-state index in [0.29, 0.717) is 5.25 Å². The van der Waals surface area contributed by atoms with Gasteiger partial charge in [-0.25, -0.2) is 13.6 Å². The zero-order chi connectivity index (χ0) is 14.5. The van der Waals surface area contributed by atoms with Gasteiger partial charge in [0.1, 0.15) is 0 Å². The van der Waals surface area contributed by atoms with Gasteiger partial charge in [0.05, 0.1) is 4.90 Å². The number of benzene rings is 1. The maximum atomic E-state index is 11.1. The number of primary sulfonamides is 1. The molecule has 1 unspecified atom stereocenters. The molecular formula is C13H22N2O2S2. The van der Waals surface area contributed by atoms with Gasteiger partial charge in [-0.1, -0.05) is 26.0 Å². The highest BCUT2D eigenvalue weighted by molar-refractivity contribution is 7.99. The lowest BCUT2D eigenvalue weighted by Gasteiger charge is -2.15. The van der Waals surface area contributed by atoms with Gasteiger partial charge in [-0.3, -0.25) is 0 Å². The van der Waals surface area contributed by atoms with Crippen LogP contribution < -0.4 is 10.5 Å². The third-order valence-electron chi connectivity index (χ3n) is 2.71. The molecule has 3 N–H and O–H groups in total. The number of hydrogen-bond donors (Lipinski definition) is 2. The molecule has 1 rings (SSSR count). The normalized spacial score (nSPS) is 13.7. The van der Waals surface area contributed by atoms with Gasteiger partial charge in [0.15, 0.2) is 0 Å². The molecular weight excluding hydrogens is 280 g/mol. The molecule has 0 radical (unpaired) electrons. The van der Waals surface area contributed by atoms with Gasteiger partial charge in [0.2, 0.25) is 10.0 Å². The molecule has 1 aromatic rings. The Morgan fingerprint density at radius 1 is 1.21 bits per heavy atom. The molecule has 0 aliphatic carbocycles. The minimum absolute atomic E-state index is 0.152. The lowest BCUT2D eigenvalue weighted by molar-refractivity contribution is 0.594. The van der Waals surface area contributed by atoms with Crippen LogP contribution in [0, 0.1) is 0 Å². The first-order valence-electron chi connectivity index (χ1n) is 6.28. The van der Waals surface area contributed by atoms with Crippen LogP contribution in [0.5, 0.6) is 0 Å². The van der Waals surface area contributed by atoms with Crippen molar-refractivity contribution in [3.63, 3.8) is 0 Å². The van der Waals surface area contributed by atoms with Crippen molar-refractivity contribution in [2.75, 3.05) is 12.3 Å². The lowest BCUT2D eigenvalue weighted by Crippen LogP contribution is -2.22. The Morgan fingerprint density at radius 2 is 1.79 bits per heavy atom. The summed E-state index contributed by atoms with van der Waals surface area (Å²) in [6.45, 7) is 7.35. The van der Waals surface area contributed by atoms with Gasteiger partial charge in [-0.15, -0.1) is 0 Å². The summed E-state index contributed by atoms with van der Waals surface area (Å²) in [6, 6.07) is 6.89. The quantitative estimate of drug-likeness (QED) is 0.757. The van der Waals surface area contributed by atoms with Crippen LogP contribution in [0.2, 0.25) is 0 Å². The molecule has 0 saturated heterocycles. The van der Waals surface area contributed by atoms with Gasteiger partial charge >= 0.3 is 0 Å². The van der Waals surface area contributed by atoms with Gasteiger partial charge in [-0.05, 0) is 29.9 Å². The monoisotopic (exact) mass is 302 g/mol. The number of nitrogens with one attached hydrogen (secondary N) is 1. The summed E-state index contributed by atoms with van der Waals surface area (Å²) in [7, 11) is -3.60. The van der Waals surface area contributed by atoms with E-state index >= 15 is 0 Å². The predicted molar refractivity (Wildman–Crippen MR) is 81.8 cm³/mol. The standard InChI is InChI=1S/C13H22N2O2S2/c1-10(2)18-9-8-15-11(3)12-4-6-13(7-5-12)19(14,16)17/h4-7,10-11,15H,8-9H2,1-3H3,(H2,14,16,17). The highest BCUT2D eigenvalue weighted by atomic mass is 32.2. The summed E-state index contributed by atoms with van der Waals surface area (Å²) in [4.78, 5) is 0.152. The summed E-state index contributed by atoms with van der Waals surface area (Å²) in [5, 5.41) is 9.12. The van der Waals surface area contributed by atoms with E-state index in [1.165, 1.54) is 0 Å². The summed E-state index contributed by atoms with van der Waals surface area (Å²) >= 11 is 1.92. The van der Waals surface area contributed by atoms with Crippen LogP contribution in [0.4, 0.5) is 0 Å². The molecule has 0 aliphatic heterocycles. The van der Waals surface area contributed by atoms with Gasteiger partial charge in [0.25, 0.3) is 0 Å². The largest absolute Gasteiger partial charge is 0.309 e. The van der Waals surface area contributed by atoms with Crippen molar-refractivity contribution in [1.82, 2.24) is 5.32 Å². The predicted octanol–water partition coefficient (Wildman–Crippen LogP) is 2.13. The van der Waals surface area contributed by atoms with E-state index in [4.69, 9.17) is 5.14 Å². The maximum Gasteiger partial charge on any atom is 0.238 e. The van der Waals surface area contributed by atoms with Crippen molar-refractivity contribution in [3.05, 3.63) is 29.8 Å². The molecule has 0 aliphatic rings. The molecule has 0 fully saturated rings. The van der Waals surface area contributed by atoms with E-state index in [0.717, 1.165) is 17.9 Å². The Hall–Kier alpha value is -0.560. The minimum atomic E-state index is -3.60. The van der Waals surface area contributed by atoms with E-state index in [2.05, 4.69) is 26.1 Å². The number of thioether (sulfide) groups is 1. The number of sulfonamides is 1. The van der Waals surface area contributed by atoms with Crippen LogP contribution in [0.15, 0.2) is 29.2 Å². The Balaban J connectivity index is 2.51. The van der Waals surface area contributed by atoms with E-state index in [1.807, 2.05) is 11.8 Å². The van der Waals surface area contributed by atoms with Crippen molar-refractivity contribution < 1.29 is 8.42 Å². The third-order valence-corrected chi connectivity index (χ3v) is 4.75. The second kappa shape index (κ2) is 7.28. The average Bonchev–Trinajstić information content (AvgIpc) is 2.33. The first-order valence-corrected chi connectivity index (χ1v) is 8.88. The Labute approximate surface area is 120 Å². The van der Waals surface area contributed by atoms with Gasteiger partial charge in [-0.2, -0.15) is 11.8 Å². The summed E-state index contributed by atoms with van der Waals surface area (Å²) in [5.41, 5.74) is 1.06. The molecule has 6 heteroatoms. The first kappa shape index (κ1) is 16.5. The fourth-order valence-corrected chi connectivity index (χ4v) is 2.86. The van der Waals surface area contributed by atoms with Crippen molar-refractivity contribution in [3.8, 4) is 0 Å². The fourth-order valence-electron chi connectivity index (χ4n) is 1.63. The van der Waals surface area contributed by atoms with Crippen LogP contribution >= 0.6 is 11.8 Å². The molecule has 0 spiro atoms. The van der Waals surface area contributed by atoms with E-state index in [9.17, 15) is 8.42 Å². The molecule has 4 nitrogen and oxygen atoms in total. The Kier molecular flexibility index (Phi) is 6.32. The lowest BCUT2D eigenvalue weighted by atomic mass is 10.1. The molecule has 108 valence electrons. The molecule has 1 atom stereocenters. The topological polar surface area (TPSA) is 72.2 Å². The van der Waals surface area contributed by atoms with Crippen LogP contribution in [0.25, 0.3) is 0 Å². The average molecular weight is 302 g/mol. The van der Waals surface area contributed by atoms with Crippen LogP contribution in [0.1, 0.15) is 32.4 Å². The summed E-state index contributed by atoms with van der Waals surface area (Å²) < 4.78 is 22.3. The third kappa shape index (κ3) is 5.95. The molecule has 0 amide bonds. The molecule has 1 aromatic carbocycles. The second-order valence-electron chi connectivity index (χ2n) is 4.71. The highest BCUT2D eigenvalue weighted by Gasteiger charge is 2.09. The number of rotatable bonds is 7. The second-order valence-corrected chi connectivity index (χ2v) is 7.96. The first-order chi connectivity index (χ1) is 8.80. The molecule has 0 heterocycles. The number of hydrogen-bond acceptors (Lipinski definition) is 4. The smallest absolute Gasteiger partial charge is 0.238 e. The van der Waals surface area contributed by atoms with Crippen molar-refractivity contribution in [2.24, 2.45) is 5.14 Å². The van der Waals surface area contributed by atoms with Crippen LogP contribution in [-0.4, -0.2) is 26.0 Å². The molecule has 0 aromatic heterocycles. The Bertz CT molecular complexity index is 484. The van der Waals surface area contributed by atoms with E-state index < -0.39 is 10.0 Å². The summed E-state index contributed by atoms with van der Waals surface area (Å²) in [6.07, 6.45) is 0. The molecule has 0 bridgehead atoms. The molecule has 19 heavy (non-hydrogen) atoms. The van der Waals surface area contributed by atoms with Crippen molar-refractivity contribution in [1.29, 1.82) is 0 Å². The molecule has 0 saturated carbocycles. The number of nitrogens with two attached hydrogens (primary N) is 1. The highest BCUT2D eigenvalue weighted by Crippen LogP contribution is 2.15. The van der Waals surface area contributed by atoms with Crippen LogP contribution in [0.3, 0.4) is 0 Å². The minimum Gasteiger partial charge on any atom is -0.309 e. The van der Waals surface area contributed by atoms with Gasteiger partial charge in [0, 0.05) is 18.3 Å². The Morgan fingerprint density at radius 3 is 2.26 bits per heavy atom. The van der Waals surface area contributed by atoms with Gasteiger partial charge < -0.3 is 5.32 Å². The summed E-state index contributed by atoms with van der Waals surface area (Å²) in [5.74, 6) is 1.07. The SMILES string of the molecule is CC(C)SCCNC(C)c1ccc(S(N)(=O)=O)cc1.